The zero-order chi connectivity index (χ0) is 13.0. The number of furan rings is 1. The summed E-state index contributed by atoms with van der Waals surface area (Å²) in [6.45, 7) is 2.69. The molecule has 0 atom stereocenters. The van der Waals surface area contributed by atoms with Crippen molar-refractivity contribution in [3.8, 4) is 10.8 Å². The van der Waals surface area contributed by atoms with Crippen LogP contribution in [0.1, 0.15) is 17.4 Å². The minimum absolute atomic E-state index is 0.0469. The molecule has 1 N–H and O–H groups in total. The highest BCUT2D eigenvalue weighted by Gasteiger charge is 2.18. The highest BCUT2D eigenvalue weighted by Crippen LogP contribution is 2.24. The topological polar surface area (TPSA) is 66.6 Å². The van der Waals surface area contributed by atoms with Gasteiger partial charge in [-0.1, -0.05) is 0 Å². The van der Waals surface area contributed by atoms with Crippen LogP contribution in [0, 0.1) is 0 Å². The first-order valence-corrected chi connectivity index (χ1v) is 6.53. The highest BCUT2D eigenvalue weighted by molar-refractivity contribution is 7.13. The van der Waals surface area contributed by atoms with E-state index in [0.29, 0.717) is 29.6 Å². The molecule has 5 nitrogen and oxygen atoms in total. The van der Waals surface area contributed by atoms with Crippen LogP contribution in [0.5, 0.6) is 0 Å². The first-order chi connectivity index (χ1) is 8.76. The fourth-order valence-electron chi connectivity index (χ4n) is 1.57. The molecular formula is C12H14N2O3S. The SMILES string of the molecule is CCN(CCO)C(=O)c1csc(-c2ccco2)n1. The third kappa shape index (κ3) is 2.60. The maximum Gasteiger partial charge on any atom is 0.273 e. The largest absolute Gasteiger partial charge is 0.462 e. The average Bonchev–Trinajstić information content (AvgIpc) is 3.04. The molecule has 0 aliphatic heterocycles. The van der Waals surface area contributed by atoms with Crippen molar-refractivity contribution in [3.05, 3.63) is 29.5 Å². The standard InChI is InChI=1S/C12H14N2O3S/c1-2-14(5-6-15)12(16)9-8-18-11(13-9)10-4-3-7-17-10/h3-4,7-8,15H,2,5-6H2,1H3. The molecule has 0 saturated carbocycles. The van der Waals surface area contributed by atoms with E-state index < -0.39 is 0 Å². The Morgan fingerprint density at radius 2 is 2.44 bits per heavy atom. The van der Waals surface area contributed by atoms with Crippen LogP contribution in [-0.4, -0.2) is 40.6 Å². The van der Waals surface area contributed by atoms with Crippen LogP contribution in [0.2, 0.25) is 0 Å². The first kappa shape index (κ1) is 12.8. The Morgan fingerprint density at radius 1 is 1.61 bits per heavy atom. The Kier molecular flexibility index (Phi) is 4.11. The van der Waals surface area contributed by atoms with Crippen LogP contribution in [-0.2, 0) is 0 Å². The number of nitrogens with zero attached hydrogens (tertiary/aromatic N) is 2. The molecule has 0 aliphatic carbocycles. The van der Waals surface area contributed by atoms with Gasteiger partial charge in [0, 0.05) is 18.5 Å². The van der Waals surface area contributed by atoms with Gasteiger partial charge in [-0.3, -0.25) is 4.79 Å². The van der Waals surface area contributed by atoms with Gasteiger partial charge in [-0.15, -0.1) is 11.3 Å². The van der Waals surface area contributed by atoms with E-state index in [1.165, 1.54) is 11.3 Å². The van der Waals surface area contributed by atoms with E-state index in [2.05, 4.69) is 4.98 Å². The summed E-state index contributed by atoms with van der Waals surface area (Å²) in [5.74, 6) is 0.491. The summed E-state index contributed by atoms with van der Waals surface area (Å²) in [4.78, 5) is 17.9. The number of likely N-dealkylation sites (N-methyl/N-ethyl adjacent to an activating group) is 1. The molecule has 96 valence electrons. The summed E-state index contributed by atoms with van der Waals surface area (Å²) in [7, 11) is 0. The number of thiazole rings is 1. The number of carbonyl (C=O) groups excluding carboxylic acids is 1. The number of amides is 1. The normalized spacial score (nSPS) is 10.6. The summed E-state index contributed by atoms with van der Waals surface area (Å²) in [6, 6.07) is 3.58. The van der Waals surface area contributed by atoms with E-state index in [4.69, 9.17) is 9.52 Å². The lowest BCUT2D eigenvalue weighted by molar-refractivity contribution is 0.0727. The van der Waals surface area contributed by atoms with Crippen molar-refractivity contribution in [2.45, 2.75) is 6.92 Å². The van der Waals surface area contributed by atoms with Gasteiger partial charge in [-0.2, -0.15) is 0 Å². The number of hydrogen-bond acceptors (Lipinski definition) is 5. The van der Waals surface area contributed by atoms with E-state index in [0.717, 1.165) is 0 Å². The number of aliphatic hydroxyl groups excluding tert-OH is 1. The number of rotatable bonds is 5. The Morgan fingerprint density at radius 3 is 3.06 bits per heavy atom. The van der Waals surface area contributed by atoms with Gasteiger partial charge in [0.05, 0.1) is 12.9 Å². The second-order valence-electron chi connectivity index (χ2n) is 3.62. The van der Waals surface area contributed by atoms with Crippen molar-refractivity contribution in [1.29, 1.82) is 0 Å². The summed E-state index contributed by atoms with van der Waals surface area (Å²) in [5, 5.41) is 11.3. The van der Waals surface area contributed by atoms with E-state index in [1.54, 1.807) is 28.7 Å². The van der Waals surface area contributed by atoms with E-state index in [9.17, 15) is 4.79 Å². The van der Waals surface area contributed by atoms with Gasteiger partial charge in [0.15, 0.2) is 10.8 Å². The lowest BCUT2D eigenvalue weighted by atomic mass is 10.3. The maximum absolute atomic E-state index is 12.1. The molecule has 0 unspecified atom stereocenters. The molecule has 2 rings (SSSR count). The summed E-state index contributed by atoms with van der Waals surface area (Å²) < 4.78 is 5.23. The highest BCUT2D eigenvalue weighted by atomic mass is 32.1. The molecule has 0 saturated heterocycles. The van der Waals surface area contributed by atoms with Gasteiger partial charge >= 0.3 is 0 Å². The molecule has 2 aromatic rings. The Hall–Kier alpha value is -1.66. The van der Waals surface area contributed by atoms with Crippen molar-refractivity contribution in [2.75, 3.05) is 19.7 Å². The average molecular weight is 266 g/mol. The van der Waals surface area contributed by atoms with Crippen molar-refractivity contribution in [2.24, 2.45) is 0 Å². The molecule has 2 aromatic heterocycles. The third-order valence-corrected chi connectivity index (χ3v) is 3.35. The van der Waals surface area contributed by atoms with Gasteiger partial charge < -0.3 is 14.4 Å². The van der Waals surface area contributed by atoms with Crippen LogP contribution in [0.25, 0.3) is 10.8 Å². The number of hydrogen-bond donors (Lipinski definition) is 1. The van der Waals surface area contributed by atoms with Crippen molar-refractivity contribution >= 4 is 17.2 Å². The van der Waals surface area contributed by atoms with Crippen LogP contribution in [0.4, 0.5) is 0 Å². The Bertz CT molecular complexity index is 507. The van der Waals surface area contributed by atoms with Crippen LogP contribution in [0.15, 0.2) is 28.2 Å². The molecular weight excluding hydrogens is 252 g/mol. The lowest BCUT2D eigenvalue weighted by Crippen LogP contribution is -2.33. The quantitative estimate of drug-likeness (QED) is 0.897. The fourth-order valence-corrected chi connectivity index (χ4v) is 2.33. The monoisotopic (exact) mass is 266 g/mol. The molecule has 0 radical (unpaired) electrons. The van der Waals surface area contributed by atoms with Crippen molar-refractivity contribution in [1.82, 2.24) is 9.88 Å². The number of carbonyl (C=O) groups is 1. The molecule has 0 aliphatic rings. The smallest absolute Gasteiger partial charge is 0.273 e. The molecule has 0 fully saturated rings. The van der Waals surface area contributed by atoms with Gasteiger partial charge in [0.2, 0.25) is 0 Å². The van der Waals surface area contributed by atoms with Crippen molar-refractivity contribution < 1.29 is 14.3 Å². The van der Waals surface area contributed by atoms with Crippen LogP contribution < -0.4 is 0 Å². The third-order valence-electron chi connectivity index (χ3n) is 2.49. The second-order valence-corrected chi connectivity index (χ2v) is 4.48. The molecule has 2 heterocycles. The molecule has 1 amide bonds. The Labute approximate surface area is 109 Å². The maximum atomic E-state index is 12.1. The van der Waals surface area contributed by atoms with Crippen molar-refractivity contribution in [3.63, 3.8) is 0 Å². The van der Waals surface area contributed by atoms with Gasteiger partial charge in [0.1, 0.15) is 5.69 Å². The molecule has 18 heavy (non-hydrogen) atoms. The molecule has 0 aromatic carbocycles. The molecule has 0 bridgehead atoms. The Balaban J connectivity index is 2.17. The second kappa shape index (κ2) is 5.79. The summed E-state index contributed by atoms with van der Waals surface area (Å²) >= 11 is 1.37. The predicted octanol–water partition coefficient (Wildman–Crippen LogP) is 1.86. The first-order valence-electron chi connectivity index (χ1n) is 5.65. The molecule has 0 spiro atoms. The lowest BCUT2D eigenvalue weighted by Gasteiger charge is -2.17. The van der Waals surface area contributed by atoms with E-state index in [1.807, 2.05) is 6.92 Å². The zero-order valence-electron chi connectivity index (χ0n) is 10.00. The zero-order valence-corrected chi connectivity index (χ0v) is 10.8. The van der Waals surface area contributed by atoms with E-state index >= 15 is 0 Å². The number of aliphatic hydroxyl groups is 1. The van der Waals surface area contributed by atoms with Crippen LogP contribution >= 0.6 is 11.3 Å². The van der Waals surface area contributed by atoms with Gasteiger partial charge in [-0.05, 0) is 19.1 Å². The van der Waals surface area contributed by atoms with Gasteiger partial charge in [0.25, 0.3) is 5.91 Å². The fraction of sp³-hybridized carbons (Fsp3) is 0.333. The minimum Gasteiger partial charge on any atom is -0.462 e. The minimum atomic E-state index is -0.166. The van der Waals surface area contributed by atoms with Crippen LogP contribution in [0.3, 0.4) is 0 Å². The summed E-state index contributed by atoms with van der Waals surface area (Å²) in [6.07, 6.45) is 1.57. The number of aromatic nitrogens is 1. The van der Waals surface area contributed by atoms with E-state index in [-0.39, 0.29) is 12.5 Å². The summed E-state index contributed by atoms with van der Waals surface area (Å²) in [5.41, 5.74) is 0.390. The predicted molar refractivity (Wildman–Crippen MR) is 68.5 cm³/mol. The van der Waals surface area contributed by atoms with Gasteiger partial charge in [-0.25, -0.2) is 4.98 Å². The molecule has 6 heteroatoms.